The summed E-state index contributed by atoms with van der Waals surface area (Å²) < 4.78 is 2.93. The van der Waals surface area contributed by atoms with Gasteiger partial charge >= 0.3 is 0 Å². The number of nitrogens with zero attached hydrogens (tertiary/aromatic N) is 2. The van der Waals surface area contributed by atoms with Gasteiger partial charge in [0.05, 0.1) is 23.0 Å². The van der Waals surface area contributed by atoms with Gasteiger partial charge in [0.2, 0.25) is 0 Å². The zero-order valence-electron chi connectivity index (χ0n) is 11.0. The number of aromatic nitrogens is 2. The summed E-state index contributed by atoms with van der Waals surface area (Å²) in [5.74, 6) is 0. The minimum Gasteiger partial charge on any atom is -0.309 e. The predicted octanol–water partition coefficient (Wildman–Crippen LogP) is 3.73. The number of hydrogen-bond acceptors (Lipinski definition) is 2. The fourth-order valence-corrected chi connectivity index (χ4v) is 2.74. The van der Waals surface area contributed by atoms with E-state index in [4.69, 9.17) is 11.6 Å². The van der Waals surface area contributed by atoms with Crippen molar-refractivity contribution in [3.05, 3.63) is 51.2 Å². The molecule has 2 rings (SSSR count). The molecule has 0 saturated heterocycles. The average molecular weight is 343 g/mol. The molecule has 3 nitrogen and oxygen atoms in total. The van der Waals surface area contributed by atoms with Crippen molar-refractivity contribution in [1.29, 1.82) is 0 Å². The molecule has 1 heterocycles. The first-order chi connectivity index (χ1) is 9.11. The molecule has 1 atom stereocenters. The van der Waals surface area contributed by atoms with Crippen LogP contribution in [-0.4, -0.2) is 16.3 Å². The van der Waals surface area contributed by atoms with Gasteiger partial charge in [0.1, 0.15) is 0 Å². The monoisotopic (exact) mass is 341 g/mol. The van der Waals surface area contributed by atoms with Crippen molar-refractivity contribution in [1.82, 2.24) is 15.1 Å². The number of likely N-dealkylation sites (N-methyl/N-ethyl adjacent to an activating group) is 1. The summed E-state index contributed by atoms with van der Waals surface area (Å²) in [6.07, 6.45) is 2.59. The topological polar surface area (TPSA) is 29.9 Å². The van der Waals surface area contributed by atoms with Gasteiger partial charge in [-0.1, -0.05) is 46.6 Å². The predicted molar refractivity (Wildman–Crippen MR) is 82.5 cm³/mol. The Hall–Kier alpha value is -0.840. The Morgan fingerprint density at radius 3 is 2.58 bits per heavy atom. The van der Waals surface area contributed by atoms with Crippen LogP contribution in [0.2, 0.25) is 5.02 Å². The minimum atomic E-state index is 0.172. The van der Waals surface area contributed by atoms with Crippen LogP contribution >= 0.6 is 27.5 Å². The van der Waals surface area contributed by atoms with Crippen molar-refractivity contribution in [3.8, 4) is 0 Å². The van der Waals surface area contributed by atoms with Crippen LogP contribution < -0.4 is 5.32 Å². The molecule has 0 aliphatic heterocycles. The summed E-state index contributed by atoms with van der Waals surface area (Å²) >= 11 is 9.69. The number of rotatable bonds is 5. The van der Waals surface area contributed by atoms with E-state index >= 15 is 0 Å². The van der Waals surface area contributed by atoms with Gasteiger partial charge in [0, 0.05) is 11.5 Å². The van der Waals surface area contributed by atoms with Crippen molar-refractivity contribution < 1.29 is 0 Å². The summed E-state index contributed by atoms with van der Waals surface area (Å²) in [5.41, 5.74) is 2.30. The van der Waals surface area contributed by atoms with E-state index in [0.29, 0.717) is 5.02 Å². The molecule has 19 heavy (non-hydrogen) atoms. The van der Waals surface area contributed by atoms with Crippen molar-refractivity contribution in [2.24, 2.45) is 7.05 Å². The highest BCUT2D eigenvalue weighted by molar-refractivity contribution is 9.10. The number of benzene rings is 1. The first-order valence-electron chi connectivity index (χ1n) is 6.27. The maximum atomic E-state index is 6.24. The molecular weight excluding hydrogens is 326 g/mol. The fraction of sp³-hybridized carbons (Fsp3) is 0.357. The molecule has 5 heteroatoms. The van der Waals surface area contributed by atoms with Crippen molar-refractivity contribution in [2.45, 2.75) is 19.4 Å². The van der Waals surface area contributed by atoms with E-state index in [1.165, 1.54) is 5.56 Å². The Morgan fingerprint density at radius 1 is 1.37 bits per heavy atom. The molecule has 0 saturated carbocycles. The second-order valence-corrected chi connectivity index (χ2v) is 5.77. The van der Waals surface area contributed by atoms with Gasteiger partial charge in [-0.05, 0) is 30.7 Å². The molecule has 0 bridgehead atoms. The van der Waals surface area contributed by atoms with Gasteiger partial charge in [-0.15, -0.1) is 0 Å². The van der Waals surface area contributed by atoms with E-state index < -0.39 is 0 Å². The summed E-state index contributed by atoms with van der Waals surface area (Å²) in [5, 5.41) is 8.40. The van der Waals surface area contributed by atoms with Gasteiger partial charge in [0.15, 0.2) is 0 Å². The van der Waals surface area contributed by atoms with Gasteiger partial charge in [-0.2, -0.15) is 5.10 Å². The molecule has 102 valence electrons. The zero-order chi connectivity index (χ0) is 13.8. The lowest BCUT2D eigenvalue weighted by Gasteiger charge is -2.19. The smallest absolute Gasteiger partial charge is 0.0834 e. The van der Waals surface area contributed by atoms with Crippen molar-refractivity contribution in [2.75, 3.05) is 6.54 Å². The van der Waals surface area contributed by atoms with E-state index in [1.807, 2.05) is 11.7 Å². The molecule has 1 aromatic heterocycles. The van der Waals surface area contributed by atoms with Gasteiger partial charge < -0.3 is 5.32 Å². The Kier molecular flexibility index (Phi) is 5.02. The maximum absolute atomic E-state index is 6.24. The van der Waals surface area contributed by atoms with Crippen LogP contribution in [0.15, 0.2) is 34.9 Å². The molecule has 0 amide bonds. The summed E-state index contributed by atoms with van der Waals surface area (Å²) in [6, 6.07) is 8.54. The lowest BCUT2D eigenvalue weighted by Crippen LogP contribution is -2.25. The zero-order valence-corrected chi connectivity index (χ0v) is 13.4. The second kappa shape index (κ2) is 6.55. The SMILES string of the molecule is CCNC(Cc1ccc(Br)cc1)c1c(Cl)cnn1C. The van der Waals surface area contributed by atoms with Gasteiger partial charge in [0.25, 0.3) is 0 Å². The second-order valence-electron chi connectivity index (χ2n) is 4.44. The van der Waals surface area contributed by atoms with Crippen LogP contribution in [0.4, 0.5) is 0 Å². The average Bonchev–Trinajstić information content (AvgIpc) is 2.71. The number of nitrogens with one attached hydrogen (secondary N) is 1. The van der Waals surface area contributed by atoms with Crippen molar-refractivity contribution in [3.63, 3.8) is 0 Å². The van der Waals surface area contributed by atoms with Crippen LogP contribution in [0.1, 0.15) is 24.2 Å². The summed E-state index contributed by atoms with van der Waals surface area (Å²) in [6.45, 7) is 2.99. The van der Waals surface area contributed by atoms with E-state index in [9.17, 15) is 0 Å². The summed E-state index contributed by atoms with van der Waals surface area (Å²) in [7, 11) is 1.92. The molecule has 1 N–H and O–H groups in total. The van der Waals surface area contributed by atoms with Crippen molar-refractivity contribution >= 4 is 27.5 Å². The number of halogens is 2. The number of hydrogen-bond donors (Lipinski definition) is 1. The third kappa shape index (κ3) is 3.59. The van der Waals surface area contributed by atoms with Crippen LogP contribution in [0.3, 0.4) is 0 Å². The van der Waals surface area contributed by atoms with Crippen LogP contribution in [0, 0.1) is 0 Å². The lowest BCUT2D eigenvalue weighted by atomic mass is 10.0. The molecule has 1 aromatic carbocycles. The van der Waals surface area contributed by atoms with Gasteiger partial charge in [-0.3, -0.25) is 4.68 Å². The first kappa shape index (κ1) is 14.6. The highest BCUT2D eigenvalue weighted by Gasteiger charge is 2.18. The molecule has 2 aromatic rings. The van der Waals surface area contributed by atoms with Gasteiger partial charge in [-0.25, -0.2) is 0 Å². The third-order valence-electron chi connectivity index (χ3n) is 3.07. The number of aryl methyl sites for hydroxylation is 1. The normalized spacial score (nSPS) is 12.6. The standard InChI is InChI=1S/C14H17BrClN3/c1-3-17-13(14-12(16)9-18-19(14)2)8-10-4-6-11(15)7-5-10/h4-7,9,13,17H,3,8H2,1-2H3. The molecule has 1 unspecified atom stereocenters. The van der Waals surface area contributed by atoms with E-state index in [-0.39, 0.29) is 6.04 Å². The Balaban J connectivity index is 2.23. The highest BCUT2D eigenvalue weighted by Crippen LogP contribution is 2.25. The molecule has 0 spiro atoms. The minimum absolute atomic E-state index is 0.172. The Morgan fingerprint density at radius 2 is 2.05 bits per heavy atom. The molecule has 0 radical (unpaired) electrons. The first-order valence-corrected chi connectivity index (χ1v) is 7.44. The fourth-order valence-electron chi connectivity index (χ4n) is 2.18. The van der Waals surface area contributed by atoms with E-state index in [1.54, 1.807) is 6.20 Å². The summed E-state index contributed by atoms with van der Waals surface area (Å²) in [4.78, 5) is 0. The van der Waals surface area contributed by atoms with E-state index in [2.05, 4.69) is 57.5 Å². The lowest BCUT2D eigenvalue weighted by molar-refractivity contribution is 0.508. The molecule has 0 aliphatic rings. The molecular formula is C14H17BrClN3. The Labute approximate surface area is 127 Å². The molecule has 0 aliphatic carbocycles. The largest absolute Gasteiger partial charge is 0.309 e. The van der Waals surface area contributed by atoms with E-state index in [0.717, 1.165) is 23.1 Å². The molecule has 0 fully saturated rings. The third-order valence-corrected chi connectivity index (χ3v) is 3.89. The quantitative estimate of drug-likeness (QED) is 0.897. The van der Waals surface area contributed by atoms with Crippen LogP contribution in [0.25, 0.3) is 0 Å². The van der Waals surface area contributed by atoms with Crippen LogP contribution in [-0.2, 0) is 13.5 Å². The Bertz CT molecular complexity index is 517. The van der Waals surface area contributed by atoms with Crippen LogP contribution in [0.5, 0.6) is 0 Å². The maximum Gasteiger partial charge on any atom is 0.0834 e. The highest BCUT2D eigenvalue weighted by atomic mass is 79.9.